The number of aromatic nitrogens is 2. The standard InChI is InChI=1S/C18H21ClF3N5O/c1-11-12(18(20,21)22)10-23-17(24-11)25-14-8-13(19)15(9-16(14)28-3)27-6-4-26(2)5-7-27/h8-10H,4-7H2,1-3H3,(H,23,24,25). The van der Waals surface area contributed by atoms with Gasteiger partial charge in [0.25, 0.3) is 0 Å². The number of piperazine rings is 1. The first kappa shape index (κ1) is 20.5. The fourth-order valence-electron chi connectivity index (χ4n) is 3.02. The molecule has 6 nitrogen and oxygen atoms in total. The van der Waals surface area contributed by atoms with Gasteiger partial charge in [0.05, 0.1) is 34.8 Å². The largest absolute Gasteiger partial charge is 0.494 e. The van der Waals surface area contributed by atoms with Crippen LogP contribution in [0.1, 0.15) is 11.3 Å². The van der Waals surface area contributed by atoms with Gasteiger partial charge in [0.2, 0.25) is 5.95 Å². The van der Waals surface area contributed by atoms with Gasteiger partial charge in [-0.2, -0.15) is 13.2 Å². The van der Waals surface area contributed by atoms with Crippen LogP contribution in [0.25, 0.3) is 0 Å². The molecule has 0 atom stereocenters. The van der Waals surface area contributed by atoms with Crippen LogP contribution >= 0.6 is 11.6 Å². The Morgan fingerprint density at radius 3 is 2.43 bits per heavy atom. The van der Waals surface area contributed by atoms with Crippen molar-refractivity contribution in [2.45, 2.75) is 13.1 Å². The molecule has 152 valence electrons. The van der Waals surface area contributed by atoms with Crippen molar-refractivity contribution in [2.24, 2.45) is 0 Å². The first-order valence-corrected chi connectivity index (χ1v) is 9.05. The van der Waals surface area contributed by atoms with Crippen LogP contribution in [0.15, 0.2) is 18.3 Å². The number of hydrogen-bond donors (Lipinski definition) is 1. The number of anilines is 3. The van der Waals surface area contributed by atoms with Gasteiger partial charge in [-0.25, -0.2) is 9.97 Å². The number of halogens is 4. The minimum atomic E-state index is -4.49. The van der Waals surface area contributed by atoms with Gasteiger partial charge in [0.1, 0.15) is 5.75 Å². The van der Waals surface area contributed by atoms with Gasteiger partial charge in [-0.1, -0.05) is 11.6 Å². The predicted molar refractivity (Wildman–Crippen MR) is 103 cm³/mol. The second kappa shape index (κ2) is 8.00. The number of nitrogens with zero attached hydrogens (tertiary/aromatic N) is 4. The number of methoxy groups -OCH3 is 1. The van der Waals surface area contributed by atoms with Crippen LogP contribution in [0, 0.1) is 6.92 Å². The highest BCUT2D eigenvalue weighted by Crippen LogP contribution is 2.38. The average molecular weight is 416 g/mol. The third-order valence-corrected chi connectivity index (χ3v) is 4.95. The zero-order valence-corrected chi connectivity index (χ0v) is 16.5. The summed E-state index contributed by atoms with van der Waals surface area (Å²) in [6.07, 6.45) is -3.73. The molecule has 1 aliphatic rings. The molecule has 3 rings (SSSR count). The number of nitrogens with one attached hydrogen (secondary N) is 1. The van der Waals surface area contributed by atoms with Crippen LogP contribution < -0.4 is 15.0 Å². The molecule has 1 fully saturated rings. The molecule has 0 spiro atoms. The van der Waals surface area contributed by atoms with E-state index in [0.717, 1.165) is 38.1 Å². The second-order valence-electron chi connectivity index (χ2n) is 6.61. The smallest absolute Gasteiger partial charge is 0.419 e. The number of benzene rings is 1. The lowest BCUT2D eigenvalue weighted by Crippen LogP contribution is -2.44. The minimum absolute atomic E-state index is 0.0345. The predicted octanol–water partition coefficient (Wildman–Crippen LogP) is 3.96. The van der Waals surface area contributed by atoms with Gasteiger partial charge in [0.15, 0.2) is 0 Å². The second-order valence-corrected chi connectivity index (χ2v) is 7.02. The molecule has 0 saturated carbocycles. The van der Waals surface area contributed by atoms with Crippen LogP contribution in [-0.4, -0.2) is 55.2 Å². The van der Waals surface area contributed by atoms with Gasteiger partial charge in [-0.3, -0.25) is 0 Å². The number of hydrogen-bond acceptors (Lipinski definition) is 6. The highest BCUT2D eigenvalue weighted by Gasteiger charge is 2.33. The number of rotatable bonds is 4. The normalized spacial score (nSPS) is 15.6. The summed E-state index contributed by atoms with van der Waals surface area (Å²) >= 11 is 6.47. The molecule has 0 bridgehead atoms. The minimum Gasteiger partial charge on any atom is -0.494 e. The van der Waals surface area contributed by atoms with Gasteiger partial charge >= 0.3 is 6.18 Å². The summed E-state index contributed by atoms with van der Waals surface area (Å²) in [5.41, 5.74) is 0.295. The topological polar surface area (TPSA) is 53.5 Å². The highest BCUT2D eigenvalue weighted by atomic mass is 35.5. The fraction of sp³-hybridized carbons (Fsp3) is 0.444. The molecule has 0 amide bonds. The quantitative estimate of drug-likeness (QED) is 0.815. The molecule has 0 unspecified atom stereocenters. The van der Waals surface area contributed by atoms with E-state index < -0.39 is 11.7 Å². The summed E-state index contributed by atoms with van der Waals surface area (Å²) in [5, 5.41) is 3.41. The zero-order valence-electron chi connectivity index (χ0n) is 15.8. The third kappa shape index (κ3) is 4.41. The Labute approximate surface area is 166 Å². The van der Waals surface area contributed by atoms with E-state index in [9.17, 15) is 13.2 Å². The number of alkyl halides is 3. The first-order valence-electron chi connectivity index (χ1n) is 8.68. The first-order chi connectivity index (χ1) is 13.2. The van der Waals surface area contributed by atoms with Crippen molar-refractivity contribution in [1.82, 2.24) is 14.9 Å². The summed E-state index contributed by atoms with van der Waals surface area (Å²) in [4.78, 5) is 12.1. The lowest BCUT2D eigenvalue weighted by Gasteiger charge is -2.34. The maximum absolute atomic E-state index is 12.9. The van der Waals surface area contributed by atoms with Gasteiger partial charge in [0, 0.05) is 38.4 Å². The SMILES string of the molecule is COc1cc(N2CCN(C)CC2)c(Cl)cc1Nc1ncc(C(F)(F)F)c(C)n1. The molecule has 1 N–H and O–H groups in total. The number of aryl methyl sites for hydroxylation is 1. The van der Waals surface area contributed by atoms with Crippen molar-refractivity contribution in [2.75, 3.05) is 50.6 Å². The van der Waals surface area contributed by atoms with Crippen LogP contribution in [0.4, 0.5) is 30.5 Å². The monoisotopic (exact) mass is 415 g/mol. The van der Waals surface area contributed by atoms with E-state index in [1.165, 1.54) is 14.0 Å². The molecule has 1 aliphatic heterocycles. The van der Waals surface area contributed by atoms with E-state index in [-0.39, 0.29) is 11.6 Å². The summed E-state index contributed by atoms with van der Waals surface area (Å²) in [5.74, 6) is 0.534. The Balaban J connectivity index is 1.86. The molecule has 2 aromatic rings. The maximum Gasteiger partial charge on any atom is 0.419 e. The van der Waals surface area contributed by atoms with Crippen molar-refractivity contribution in [3.8, 4) is 5.75 Å². The zero-order chi connectivity index (χ0) is 20.5. The molecule has 1 aromatic carbocycles. The Morgan fingerprint density at radius 2 is 1.86 bits per heavy atom. The maximum atomic E-state index is 12.9. The van der Waals surface area contributed by atoms with Gasteiger partial charge in [-0.15, -0.1) is 0 Å². The summed E-state index contributed by atoms with van der Waals surface area (Å²) in [6, 6.07) is 3.48. The molecule has 10 heteroatoms. The van der Waals surface area contributed by atoms with Crippen LogP contribution in [0.2, 0.25) is 5.02 Å². The highest BCUT2D eigenvalue weighted by molar-refractivity contribution is 6.33. The van der Waals surface area contributed by atoms with Crippen LogP contribution in [0.5, 0.6) is 5.75 Å². The van der Waals surface area contributed by atoms with E-state index in [2.05, 4.69) is 32.1 Å². The van der Waals surface area contributed by atoms with Crippen LogP contribution in [-0.2, 0) is 6.18 Å². The van der Waals surface area contributed by atoms with E-state index >= 15 is 0 Å². The number of likely N-dealkylation sites (N-methyl/N-ethyl adjacent to an activating group) is 1. The Kier molecular flexibility index (Phi) is 5.85. The van der Waals surface area contributed by atoms with Gasteiger partial charge < -0.3 is 19.9 Å². The van der Waals surface area contributed by atoms with E-state index in [0.29, 0.717) is 16.5 Å². The molecule has 1 aromatic heterocycles. The molecule has 0 radical (unpaired) electrons. The molecular formula is C18H21ClF3N5O. The van der Waals surface area contributed by atoms with E-state index in [1.807, 2.05) is 6.07 Å². The van der Waals surface area contributed by atoms with Crippen molar-refractivity contribution in [3.05, 3.63) is 34.6 Å². The van der Waals surface area contributed by atoms with Crippen molar-refractivity contribution in [3.63, 3.8) is 0 Å². The Hall–Kier alpha value is -2.26. The molecule has 1 saturated heterocycles. The molecule has 0 aliphatic carbocycles. The summed E-state index contributed by atoms with van der Waals surface area (Å²) in [7, 11) is 3.58. The lowest BCUT2D eigenvalue weighted by atomic mass is 10.2. The Bertz CT molecular complexity index is 854. The summed E-state index contributed by atoms with van der Waals surface area (Å²) in [6.45, 7) is 4.83. The molecular weight excluding hydrogens is 395 g/mol. The van der Waals surface area contributed by atoms with Crippen molar-refractivity contribution < 1.29 is 17.9 Å². The third-order valence-electron chi connectivity index (χ3n) is 4.64. The molecule has 28 heavy (non-hydrogen) atoms. The lowest BCUT2D eigenvalue weighted by molar-refractivity contribution is -0.138. The van der Waals surface area contributed by atoms with E-state index in [1.54, 1.807) is 6.07 Å². The number of ether oxygens (including phenoxy) is 1. The van der Waals surface area contributed by atoms with E-state index in [4.69, 9.17) is 16.3 Å². The average Bonchev–Trinajstić information content (AvgIpc) is 2.62. The van der Waals surface area contributed by atoms with Gasteiger partial charge in [-0.05, 0) is 20.0 Å². The van der Waals surface area contributed by atoms with Crippen molar-refractivity contribution in [1.29, 1.82) is 0 Å². The summed E-state index contributed by atoms with van der Waals surface area (Å²) < 4.78 is 44.1. The molecule has 2 heterocycles. The fourth-order valence-corrected chi connectivity index (χ4v) is 3.31. The van der Waals surface area contributed by atoms with Crippen molar-refractivity contribution >= 4 is 28.9 Å². The van der Waals surface area contributed by atoms with Crippen LogP contribution in [0.3, 0.4) is 0 Å². The Morgan fingerprint density at radius 1 is 1.18 bits per heavy atom.